The number of nitrogens with one attached hydrogen (secondary N) is 1. The maximum Gasteiger partial charge on any atom is 0.321 e. The lowest BCUT2D eigenvalue weighted by Gasteiger charge is -2.24. The van der Waals surface area contributed by atoms with Crippen LogP contribution in [0.5, 0.6) is 5.75 Å². The highest BCUT2D eigenvalue weighted by molar-refractivity contribution is 6.31. The van der Waals surface area contributed by atoms with Crippen molar-refractivity contribution in [2.24, 2.45) is 5.92 Å². The second-order valence-corrected chi connectivity index (χ2v) is 6.93. The minimum Gasteiger partial charge on any atom is -0.489 e. The Morgan fingerprint density at radius 2 is 2.23 bits per heavy atom. The summed E-state index contributed by atoms with van der Waals surface area (Å²) in [5, 5.41) is 12.2. The number of nitrogens with zero attached hydrogens (tertiary/aromatic N) is 1. The lowest BCUT2D eigenvalue weighted by molar-refractivity contribution is -0.141. The zero-order valence-electron chi connectivity index (χ0n) is 15.0. The minimum absolute atomic E-state index is 0.0436. The largest absolute Gasteiger partial charge is 0.489 e. The summed E-state index contributed by atoms with van der Waals surface area (Å²) in [4.78, 5) is 24.6. The Morgan fingerprint density at radius 3 is 2.88 bits per heavy atom. The number of aliphatic carboxylic acids is 1. The Balaban J connectivity index is 1.99. The van der Waals surface area contributed by atoms with E-state index in [0.717, 1.165) is 25.9 Å². The molecule has 1 aliphatic rings. The minimum atomic E-state index is -0.955. The van der Waals surface area contributed by atoms with Crippen molar-refractivity contribution in [3.8, 4) is 5.75 Å². The molecular weight excluding hydrogens is 360 g/mol. The molecule has 26 heavy (non-hydrogen) atoms. The third kappa shape index (κ3) is 6.07. The number of halogens is 1. The Bertz CT molecular complexity index is 634. The van der Waals surface area contributed by atoms with Gasteiger partial charge in [0.1, 0.15) is 12.4 Å². The SMILES string of the molecule is CC(CN(C)C(=O)Nc1cc(Cl)ccc1OCC1CCCCO1)C(=O)O. The van der Waals surface area contributed by atoms with Gasteiger partial charge < -0.3 is 24.8 Å². The molecule has 0 aliphatic carbocycles. The van der Waals surface area contributed by atoms with E-state index >= 15 is 0 Å². The first-order chi connectivity index (χ1) is 12.4. The van der Waals surface area contributed by atoms with Gasteiger partial charge in [-0.3, -0.25) is 4.79 Å². The highest BCUT2D eigenvalue weighted by Crippen LogP contribution is 2.29. The number of amides is 2. The average Bonchev–Trinajstić information content (AvgIpc) is 2.61. The van der Waals surface area contributed by atoms with Crippen molar-refractivity contribution in [3.63, 3.8) is 0 Å². The third-order valence-corrected chi connectivity index (χ3v) is 4.43. The lowest BCUT2D eigenvalue weighted by Crippen LogP contribution is -2.36. The van der Waals surface area contributed by atoms with Crippen molar-refractivity contribution in [3.05, 3.63) is 23.2 Å². The van der Waals surface area contributed by atoms with Gasteiger partial charge in [-0.15, -0.1) is 0 Å². The molecule has 0 saturated carbocycles. The number of benzene rings is 1. The molecule has 2 unspecified atom stereocenters. The zero-order valence-corrected chi connectivity index (χ0v) is 15.8. The first-order valence-corrected chi connectivity index (χ1v) is 9.03. The first-order valence-electron chi connectivity index (χ1n) is 8.65. The number of rotatable bonds is 7. The van der Waals surface area contributed by atoms with Gasteiger partial charge in [-0.05, 0) is 37.5 Å². The number of hydrogen-bond acceptors (Lipinski definition) is 4. The van der Waals surface area contributed by atoms with Crippen LogP contribution >= 0.6 is 11.6 Å². The summed E-state index contributed by atoms with van der Waals surface area (Å²) < 4.78 is 11.5. The topological polar surface area (TPSA) is 88.1 Å². The monoisotopic (exact) mass is 384 g/mol. The summed E-state index contributed by atoms with van der Waals surface area (Å²) in [5.74, 6) is -1.12. The number of anilines is 1. The maximum absolute atomic E-state index is 12.3. The van der Waals surface area contributed by atoms with E-state index in [-0.39, 0.29) is 12.6 Å². The highest BCUT2D eigenvalue weighted by Gasteiger charge is 2.19. The normalized spacial score (nSPS) is 18.0. The van der Waals surface area contributed by atoms with E-state index in [1.54, 1.807) is 25.1 Å². The van der Waals surface area contributed by atoms with E-state index in [1.165, 1.54) is 11.9 Å². The number of hydrogen-bond donors (Lipinski definition) is 2. The zero-order chi connectivity index (χ0) is 19.1. The van der Waals surface area contributed by atoms with Crippen molar-refractivity contribution >= 4 is 29.3 Å². The molecule has 2 N–H and O–H groups in total. The summed E-state index contributed by atoms with van der Waals surface area (Å²) in [6, 6.07) is 4.55. The molecule has 1 aromatic rings. The van der Waals surface area contributed by atoms with Crippen LogP contribution in [-0.4, -0.2) is 54.9 Å². The number of ether oxygens (including phenoxy) is 2. The summed E-state index contributed by atoms with van der Waals surface area (Å²) in [5.41, 5.74) is 0.438. The molecule has 2 amide bonds. The molecule has 1 aliphatic heterocycles. The second kappa shape index (κ2) is 9.64. The first kappa shape index (κ1) is 20.3. The molecule has 7 nitrogen and oxygen atoms in total. The number of urea groups is 1. The van der Waals surface area contributed by atoms with E-state index in [1.807, 2.05) is 0 Å². The van der Waals surface area contributed by atoms with Crippen LogP contribution in [0.4, 0.5) is 10.5 Å². The van der Waals surface area contributed by atoms with Crippen molar-refractivity contribution < 1.29 is 24.2 Å². The number of carbonyl (C=O) groups is 2. The Hall–Kier alpha value is -1.99. The molecule has 1 saturated heterocycles. The van der Waals surface area contributed by atoms with Gasteiger partial charge >= 0.3 is 12.0 Å². The quantitative estimate of drug-likeness (QED) is 0.751. The summed E-state index contributed by atoms with van der Waals surface area (Å²) in [6.45, 7) is 2.78. The lowest BCUT2D eigenvalue weighted by atomic mass is 10.1. The van der Waals surface area contributed by atoms with E-state index in [2.05, 4.69) is 5.32 Å². The van der Waals surface area contributed by atoms with Gasteiger partial charge in [-0.2, -0.15) is 0 Å². The third-order valence-electron chi connectivity index (χ3n) is 4.20. The average molecular weight is 385 g/mol. The number of carbonyl (C=O) groups excluding carboxylic acids is 1. The number of carboxylic acid groups (broad SMARTS) is 1. The van der Waals surface area contributed by atoms with Gasteiger partial charge in [0, 0.05) is 25.2 Å². The van der Waals surface area contributed by atoms with Crippen LogP contribution in [0, 0.1) is 5.92 Å². The molecule has 0 radical (unpaired) electrons. The molecule has 0 bridgehead atoms. The molecule has 1 aromatic carbocycles. The predicted molar refractivity (Wildman–Crippen MR) is 99.0 cm³/mol. The molecule has 1 heterocycles. The van der Waals surface area contributed by atoms with Crippen LogP contribution in [0.1, 0.15) is 26.2 Å². The fourth-order valence-corrected chi connectivity index (χ4v) is 2.80. The van der Waals surface area contributed by atoms with E-state index in [9.17, 15) is 9.59 Å². The van der Waals surface area contributed by atoms with Crippen molar-refractivity contribution in [2.75, 3.05) is 32.1 Å². The van der Waals surface area contributed by atoms with Gasteiger partial charge in [0.25, 0.3) is 0 Å². The summed E-state index contributed by atoms with van der Waals surface area (Å²) in [7, 11) is 1.54. The molecule has 0 aromatic heterocycles. The molecule has 0 spiro atoms. The standard InChI is InChI=1S/C18H25ClN2O5/c1-12(17(22)23)10-21(2)18(24)20-15-9-13(19)6-7-16(15)26-11-14-5-3-4-8-25-14/h6-7,9,12,14H,3-5,8,10-11H2,1-2H3,(H,20,24)(H,22,23). The summed E-state index contributed by atoms with van der Waals surface area (Å²) in [6.07, 6.45) is 3.18. The number of carboxylic acids is 1. The van der Waals surface area contributed by atoms with E-state index in [4.69, 9.17) is 26.2 Å². The van der Waals surface area contributed by atoms with E-state index in [0.29, 0.717) is 23.1 Å². The molecular formula is C18H25ClN2O5. The fraction of sp³-hybridized carbons (Fsp3) is 0.556. The molecule has 2 rings (SSSR count). The Morgan fingerprint density at radius 1 is 1.46 bits per heavy atom. The van der Waals surface area contributed by atoms with Gasteiger partial charge in [0.2, 0.25) is 0 Å². The summed E-state index contributed by atoms with van der Waals surface area (Å²) >= 11 is 6.03. The predicted octanol–water partition coefficient (Wildman–Crippen LogP) is 3.47. The van der Waals surface area contributed by atoms with Crippen molar-refractivity contribution in [2.45, 2.75) is 32.3 Å². The fourth-order valence-electron chi connectivity index (χ4n) is 2.63. The smallest absolute Gasteiger partial charge is 0.321 e. The van der Waals surface area contributed by atoms with Crippen LogP contribution in [0.2, 0.25) is 5.02 Å². The second-order valence-electron chi connectivity index (χ2n) is 6.49. The molecule has 2 atom stereocenters. The van der Waals surface area contributed by atoms with Crippen molar-refractivity contribution in [1.82, 2.24) is 4.90 Å². The Kier molecular flexibility index (Phi) is 7.53. The van der Waals surface area contributed by atoms with Gasteiger partial charge in [0.15, 0.2) is 0 Å². The van der Waals surface area contributed by atoms with Crippen LogP contribution in [0.15, 0.2) is 18.2 Å². The van der Waals surface area contributed by atoms with Crippen molar-refractivity contribution in [1.29, 1.82) is 0 Å². The van der Waals surface area contributed by atoms with Crippen LogP contribution in [0.3, 0.4) is 0 Å². The maximum atomic E-state index is 12.3. The van der Waals surface area contributed by atoms with Crippen LogP contribution in [-0.2, 0) is 9.53 Å². The molecule has 1 fully saturated rings. The van der Waals surface area contributed by atoms with Crippen LogP contribution in [0.25, 0.3) is 0 Å². The molecule has 144 valence electrons. The van der Waals surface area contributed by atoms with E-state index < -0.39 is 17.9 Å². The van der Waals surface area contributed by atoms with Crippen LogP contribution < -0.4 is 10.1 Å². The van der Waals surface area contributed by atoms with Gasteiger partial charge in [-0.25, -0.2) is 4.79 Å². The Labute approximate surface area is 158 Å². The highest BCUT2D eigenvalue weighted by atomic mass is 35.5. The van der Waals surface area contributed by atoms with Gasteiger partial charge in [0.05, 0.1) is 17.7 Å². The molecule has 8 heteroatoms. The van der Waals surface area contributed by atoms with Gasteiger partial charge in [-0.1, -0.05) is 18.5 Å².